The lowest BCUT2D eigenvalue weighted by Gasteiger charge is -2.66. The number of para-hydroxylation sites is 1. The van der Waals surface area contributed by atoms with E-state index >= 15 is 0 Å². The highest BCUT2D eigenvalue weighted by Gasteiger charge is 2.83. The van der Waals surface area contributed by atoms with Crippen molar-refractivity contribution in [1.82, 2.24) is 0 Å². The van der Waals surface area contributed by atoms with Gasteiger partial charge in [0.15, 0.2) is 0 Å². The van der Waals surface area contributed by atoms with Gasteiger partial charge >= 0.3 is 0 Å². The molecule has 3 unspecified atom stereocenters. The largest absolute Gasteiger partial charge is 0.325 e. The van der Waals surface area contributed by atoms with Gasteiger partial charge in [-0.1, -0.05) is 73.8 Å². The third-order valence-corrected chi connectivity index (χ3v) is 9.94. The Morgan fingerprint density at radius 1 is 1.27 bits per heavy atom. The Hall–Kier alpha value is 0.610. The molecule has 2 bridgehead atoms. The van der Waals surface area contributed by atoms with E-state index in [1.165, 1.54) is 0 Å². The van der Waals surface area contributed by atoms with E-state index in [0.717, 1.165) is 23.0 Å². The number of benzene rings is 1. The molecule has 3 aliphatic rings. The molecule has 1 aromatic rings. The van der Waals surface area contributed by atoms with Crippen molar-refractivity contribution in [2.24, 2.45) is 16.2 Å². The average Bonchev–Trinajstić information content (AvgIpc) is 2.91. The van der Waals surface area contributed by atoms with E-state index in [4.69, 9.17) is 0 Å². The molecular formula is C16H17Br4NO. The maximum atomic E-state index is 13.1. The minimum absolute atomic E-state index is 0.0538. The van der Waals surface area contributed by atoms with Crippen LogP contribution in [0.4, 0.5) is 5.69 Å². The normalized spacial score (nSPS) is 35.3. The molecule has 3 aliphatic carbocycles. The summed E-state index contributed by atoms with van der Waals surface area (Å²) < 4.78 is 1.10. The molecule has 1 N–H and O–H groups in total. The summed E-state index contributed by atoms with van der Waals surface area (Å²) in [5.74, 6) is 0.111. The molecule has 4 rings (SSSR count). The predicted octanol–water partition coefficient (Wildman–Crippen LogP) is 6.07. The van der Waals surface area contributed by atoms with Crippen LogP contribution in [0.3, 0.4) is 0 Å². The SMILES string of the molecule is CC1(C)C2(C(=O)Nc3ccccc3Br)CCC1(C(Br)Br)C2Br. The molecule has 3 atom stereocenters. The highest BCUT2D eigenvalue weighted by Crippen LogP contribution is 2.82. The topological polar surface area (TPSA) is 29.1 Å². The number of rotatable bonds is 3. The molecule has 120 valence electrons. The Kier molecular flexibility index (Phi) is 4.41. The second-order valence-electron chi connectivity index (χ2n) is 6.73. The fraction of sp³-hybridized carbons (Fsp3) is 0.562. The molecule has 0 heterocycles. The molecule has 22 heavy (non-hydrogen) atoms. The van der Waals surface area contributed by atoms with E-state index in [0.29, 0.717) is 0 Å². The van der Waals surface area contributed by atoms with E-state index < -0.39 is 0 Å². The maximum absolute atomic E-state index is 13.1. The van der Waals surface area contributed by atoms with Gasteiger partial charge in [0.05, 0.1) is 14.8 Å². The minimum Gasteiger partial charge on any atom is -0.325 e. The van der Waals surface area contributed by atoms with E-state index in [1.807, 2.05) is 24.3 Å². The van der Waals surface area contributed by atoms with Crippen LogP contribution in [0.1, 0.15) is 26.7 Å². The minimum atomic E-state index is -0.373. The Labute approximate surface area is 164 Å². The van der Waals surface area contributed by atoms with Crippen molar-refractivity contribution in [3.63, 3.8) is 0 Å². The first-order valence-corrected chi connectivity index (χ1v) is 10.7. The van der Waals surface area contributed by atoms with Crippen LogP contribution in [-0.4, -0.2) is 14.5 Å². The molecule has 1 amide bonds. The van der Waals surface area contributed by atoms with Gasteiger partial charge in [-0.05, 0) is 46.3 Å². The van der Waals surface area contributed by atoms with E-state index in [2.05, 4.69) is 82.9 Å². The summed E-state index contributed by atoms with van der Waals surface area (Å²) in [6.45, 7) is 4.43. The molecule has 0 spiro atoms. The van der Waals surface area contributed by atoms with E-state index in [9.17, 15) is 4.79 Å². The van der Waals surface area contributed by atoms with Gasteiger partial charge in [-0.15, -0.1) is 0 Å². The number of fused-ring (bicyclic) bond motifs is 1. The summed E-state index contributed by atoms with van der Waals surface area (Å²) in [5, 5.41) is 3.13. The van der Waals surface area contributed by atoms with Gasteiger partial charge in [0.25, 0.3) is 0 Å². The van der Waals surface area contributed by atoms with Crippen LogP contribution in [0.15, 0.2) is 28.7 Å². The quantitative estimate of drug-likeness (QED) is 0.448. The Morgan fingerprint density at radius 2 is 1.91 bits per heavy atom. The van der Waals surface area contributed by atoms with Gasteiger partial charge in [-0.2, -0.15) is 0 Å². The van der Waals surface area contributed by atoms with Gasteiger partial charge in [0, 0.05) is 14.7 Å². The fourth-order valence-electron chi connectivity index (χ4n) is 4.49. The molecule has 2 nitrogen and oxygen atoms in total. The summed E-state index contributed by atoms with van der Waals surface area (Å²) in [5.41, 5.74) is 0.424. The van der Waals surface area contributed by atoms with Gasteiger partial charge in [0.1, 0.15) is 0 Å². The second kappa shape index (κ2) is 5.57. The molecule has 0 aliphatic heterocycles. The van der Waals surface area contributed by atoms with Crippen molar-refractivity contribution in [1.29, 1.82) is 0 Å². The lowest BCUT2D eigenvalue weighted by atomic mass is 9.43. The monoisotopic (exact) mass is 555 g/mol. The standard InChI is InChI=1S/C16H17Br4NO/c1-14(2)15(12(19)20)7-8-16(14,11(15)18)13(22)21-10-6-4-3-5-9(10)17/h3-6,11-12H,7-8H2,1-2H3,(H,21,22). The average molecular weight is 559 g/mol. The van der Waals surface area contributed by atoms with Crippen LogP contribution in [-0.2, 0) is 4.79 Å². The molecule has 0 radical (unpaired) electrons. The van der Waals surface area contributed by atoms with E-state index in [1.54, 1.807) is 0 Å². The van der Waals surface area contributed by atoms with Gasteiger partial charge in [0.2, 0.25) is 5.91 Å². The molecular weight excluding hydrogens is 542 g/mol. The van der Waals surface area contributed by atoms with Crippen LogP contribution in [0, 0.1) is 16.2 Å². The zero-order valence-corrected chi connectivity index (χ0v) is 18.6. The predicted molar refractivity (Wildman–Crippen MR) is 105 cm³/mol. The van der Waals surface area contributed by atoms with Crippen molar-refractivity contribution >= 4 is 75.3 Å². The first-order chi connectivity index (χ1) is 10.2. The number of carbonyl (C=O) groups is 1. The lowest BCUT2D eigenvalue weighted by Crippen LogP contribution is -2.71. The van der Waals surface area contributed by atoms with Gasteiger partial charge < -0.3 is 5.32 Å². The number of carbonyl (C=O) groups excluding carboxylic acids is 1. The van der Waals surface area contributed by atoms with Crippen molar-refractivity contribution < 1.29 is 4.79 Å². The van der Waals surface area contributed by atoms with Gasteiger partial charge in [-0.25, -0.2) is 0 Å². The zero-order valence-electron chi connectivity index (χ0n) is 12.3. The number of alkyl halides is 3. The molecule has 6 heteroatoms. The summed E-state index contributed by atoms with van der Waals surface area (Å²) >= 11 is 14.8. The maximum Gasteiger partial charge on any atom is 0.232 e. The number of hydrogen-bond donors (Lipinski definition) is 1. The number of halogens is 4. The van der Waals surface area contributed by atoms with Crippen LogP contribution in [0.5, 0.6) is 0 Å². The smallest absolute Gasteiger partial charge is 0.232 e. The van der Waals surface area contributed by atoms with Crippen LogP contribution >= 0.6 is 63.7 Å². The second-order valence-corrected chi connectivity index (χ2v) is 11.6. The molecule has 0 saturated heterocycles. The van der Waals surface area contributed by atoms with Crippen LogP contribution in [0.2, 0.25) is 0 Å². The first-order valence-electron chi connectivity index (χ1n) is 7.20. The fourth-order valence-corrected chi connectivity index (χ4v) is 9.79. The summed E-state index contributed by atoms with van der Waals surface area (Å²) in [4.78, 5) is 13.3. The third kappa shape index (κ3) is 1.90. The number of amides is 1. The Morgan fingerprint density at radius 3 is 2.41 bits per heavy atom. The van der Waals surface area contributed by atoms with Crippen LogP contribution in [0.25, 0.3) is 0 Å². The van der Waals surface area contributed by atoms with Crippen molar-refractivity contribution in [3.05, 3.63) is 28.7 Å². The number of hydrogen-bond acceptors (Lipinski definition) is 1. The number of nitrogens with one attached hydrogen (secondary N) is 1. The Balaban J connectivity index is 1.93. The highest BCUT2D eigenvalue weighted by atomic mass is 79.9. The van der Waals surface area contributed by atoms with Crippen molar-refractivity contribution in [2.75, 3.05) is 5.32 Å². The molecule has 1 aromatic carbocycles. The summed E-state index contributed by atoms with van der Waals surface area (Å²) in [6, 6.07) is 7.74. The summed E-state index contributed by atoms with van der Waals surface area (Å²) in [7, 11) is 0. The first kappa shape index (κ1) is 17.4. The van der Waals surface area contributed by atoms with E-state index in [-0.39, 0.29) is 30.7 Å². The summed E-state index contributed by atoms with van der Waals surface area (Å²) in [6.07, 6.45) is 1.93. The molecule has 3 saturated carbocycles. The highest BCUT2D eigenvalue weighted by molar-refractivity contribution is 9.24. The van der Waals surface area contributed by atoms with Crippen molar-refractivity contribution in [2.45, 2.75) is 35.3 Å². The molecule has 3 fully saturated rings. The van der Waals surface area contributed by atoms with Crippen LogP contribution < -0.4 is 5.32 Å². The Bertz CT molecular complexity index is 632. The molecule has 0 aromatic heterocycles. The third-order valence-electron chi connectivity index (χ3n) is 6.01. The zero-order chi connectivity index (χ0) is 16.3. The van der Waals surface area contributed by atoms with Gasteiger partial charge in [-0.3, -0.25) is 4.79 Å². The van der Waals surface area contributed by atoms with Crippen molar-refractivity contribution in [3.8, 4) is 0 Å². The number of anilines is 1. The lowest BCUT2D eigenvalue weighted by molar-refractivity contribution is -0.155.